The lowest BCUT2D eigenvalue weighted by atomic mass is 10.1. The van der Waals surface area contributed by atoms with Gasteiger partial charge in [0.1, 0.15) is 5.82 Å². The van der Waals surface area contributed by atoms with Crippen LogP contribution < -0.4 is 0 Å². The number of halogens is 2. The van der Waals surface area contributed by atoms with Gasteiger partial charge in [0.15, 0.2) is 4.77 Å². The molecule has 1 N–H and O–H groups in total. The molecule has 21 heavy (non-hydrogen) atoms. The number of H-pyrrole nitrogens is 1. The molecule has 0 radical (unpaired) electrons. The molecular formula is C16H12ClFN2S. The summed E-state index contributed by atoms with van der Waals surface area (Å²) in [5.41, 5.74) is 2.95. The van der Waals surface area contributed by atoms with Crippen molar-refractivity contribution < 1.29 is 4.39 Å². The third-order valence-electron chi connectivity index (χ3n) is 3.26. The van der Waals surface area contributed by atoms with Crippen molar-refractivity contribution in [2.45, 2.75) is 6.54 Å². The molecule has 5 heteroatoms. The molecule has 0 saturated heterocycles. The van der Waals surface area contributed by atoms with Gasteiger partial charge in [-0.2, -0.15) is 0 Å². The first kappa shape index (κ1) is 14.0. The van der Waals surface area contributed by atoms with Gasteiger partial charge in [0.2, 0.25) is 0 Å². The van der Waals surface area contributed by atoms with E-state index in [0.29, 0.717) is 11.3 Å². The van der Waals surface area contributed by atoms with Gasteiger partial charge in [0.25, 0.3) is 0 Å². The van der Waals surface area contributed by atoms with Crippen molar-refractivity contribution in [3.05, 3.63) is 75.9 Å². The SMILES string of the molecule is Fc1ccc(Cn2c(-c3ccccc3)c[nH]c2=S)cc1Cl. The Morgan fingerprint density at radius 2 is 1.90 bits per heavy atom. The van der Waals surface area contributed by atoms with Crippen LogP contribution in [-0.2, 0) is 6.54 Å². The summed E-state index contributed by atoms with van der Waals surface area (Å²) in [6.07, 6.45) is 1.88. The number of nitrogens with one attached hydrogen (secondary N) is 1. The Bertz CT molecular complexity index is 824. The number of benzene rings is 2. The standard InChI is InChI=1S/C16H12ClFN2S/c17-13-8-11(6-7-14(13)18)10-20-15(9-19-16(20)21)12-4-2-1-3-5-12/h1-9H,10H2,(H,19,21). The zero-order valence-electron chi connectivity index (χ0n) is 11.0. The van der Waals surface area contributed by atoms with Gasteiger partial charge in [-0.05, 0) is 35.5 Å². The summed E-state index contributed by atoms with van der Waals surface area (Å²) in [6.45, 7) is 0.534. The fourth-order valence-corrected chi connectivity index (χ4v) is 2.65. The Hall–Kier alpha value is -1.91. The maximum atomic E-state index is 13.2. The lowest BCUT2D eigenvalue weighted by Crippen LogP contribution is -2.02. The highest BCUT2D eigenvalue weighted by Gasteiger charge is 2.08. The molecule has 0 spiro atoms. The third-order valence-corrected chi connectivity index (χ3v) is 3.89. The first-order chi connectivity index (χ1) is 10.1. The summed E-state index contributed by atoms with van der Waals surface area (Å²) in [5, 5.41) is 0.121. The van der Waals surface area contributed by atoms with E-state index < -0.39 is 5.82 Å². The van der Waals surface area contributed by atoms with Crippen molar-refractivity contribution in [3.63, 3.8) is 0 Å². The topological polar surface area (TPSA) is 20.7 Å². The van der Waals surface area contributed by atoms with Gasteiger partial charge in [-0.1, -0.05) is 48.0 Å². The average Bonchev–Trinajstić information content (AvgIpc) is 2.85. The summed E-state index contributed by atoms with van der Waals surface area (Å²) in [7, 11) is 0. The minimum Gasteiger partial charge on any atom is -0.337 e. The van der Waals surface area contributed by atoms with Crippen LogP contribution in [-0.4, -0.2) is 9.55 Å². The first-order valence-corrected chi connectivity index (χ1v) is 7.21. The molecule has 1 heterocycles. The van der Waals surface area contributed by atoms with Crippen LogP contribution >= 0.6 is 23.8 Å². The second-order valence-electron chi connectivity index (χ2n) is 4.68. The van der Waals surface area contributed by atoms with Crippen LogP contribution in [0.2, 0.25) is 5.02 Å². The molecule has 3 rings (SSSR count). The number of aromatic amines is 1. The van der Waals surface area contributed by atoms with Crippen molar-refractivity contribution in [3.8, 4) is 11.3 Å². The molecule has 3 aromatic rings. The lowest BCUT2D eigenvalue weighted by molar-refractivity contribution is 0.626. The molecule has 1 aromatic heterocycles. The monoisotopic (exact) mass is 318 g/mol. The van der Waals surface area contributed by atoms with Gasteiger partial charge in [0.05, 0.1) is 17.3 Å². The van der Waals surface area contributed by atoms with Gasteiger partial charge in [0, 0.05) is 6.20 Å². The minimum absolute atomic E-state index is 0.121. The summed E-state index contributed by atoms with van der Waals surface area (Å²) in [5.74, 6) is -0.415. The van der Waals surface area contributed by atoms with E-state index in [9.17, 15) is 4.39 Å². The second-order valence-corrected chi connectivity index (χ2v) is 5.47. The molecule has 0 bridgehead atoms. The predicted molar refractivity (Wildman–Crippen MR) is 85.6 cm³/mol. The number of imidazole rings is 1. The van der Waals surface area contributed by atoms with Crippen molar-refractivity contribution in [2.24, 2.45) is 0 Å². The molecule has 2 aromatic carbocycles. The summed E-state index contributed by atoms with van der Waals surface area (Å²) >= 11 is 11.2. The van der Waals surface area contributed by atoms with Crippen molar-refractivity contribution >= 4 is 23.8 Å². The number of rotatable bonds is 3. The van der Waals surface area contributed by atoms with Crippen LogP contribution in [0.25, 0.3) is 11.3 Å². The fraction of sp³-hybridized carbons (Fsp3) is 0.0625. The van der Waals surface area contributed by atoms with Gasteiger partial charge in [-0.3, -0.25) is 0 Å². The smallest absolute Gasteiger partial charge is 0.177 e. The minimum atomic E-state index is -0.415. The number of hydrogen-bond acceptors (Lipinski definition) is 1. The Labute approximate surface area is 131 Å². The van der Waals surface area contributed by atoms with Crippen LogP contribution in [0.15, 0.2) is 54.7 Å². The molecule has 0 atom stereocenters. The molecular weight excluding hydrogens is 307 g/mol. The zero-order valence-corrected chi connectivity index (χ0v) is 12.6. The molecule has 0 unspecified atom stereocenters. The molecule has 0 saturated carbocycles. The highest BCUT2D eigenvalue weighted by Crippen LogP contribution is 2.22. The highest BCUT2D eigenvalue weighted by molar-refractivity contribution is 7.71. The maximum absolute atomic E-state index is 13.2. The third kappa shape index (κ3) is 2.91. The van der Waals surface area contributed by atoms with E-state index >= 15 is 0 Å². The maximum Gasteiger partial charge on any atom is 0.177 e. The van der Waals surface area contributed by atoms with E-state index in [1.54, 1.807) is 12.1 Å². The number of hydrogen-bond donors (Lipinski definition) is 1. The van der Waals surface area contributed by atoms with E-state index in [-0.39, 0.29) is 5.02 Å². The molecule has 0 aliphatic carbocycles. The molecule has 0 aliphatic rings. The first-order valence-electron chi connectivity index (χ1n) is 6.43. The molecule has 2 nitrogen and oxygen atoms in total. The van der Waals surface area contributed by atoms with E-state index in [1.165, 1.54) is 6.07 Å². The Morgan fingerprint density at radius 3 is 2.62 bits per heavy atom. The van der Waals surface area contributed by atoms with Gasteiger partial charge >= 0.3 is 0 Å². The molecule has 106 valence electrons. The summed E-state index contributed by atoms with van der Waals surface area (Å²) in [4.78, 5) is 3.05. The Balaban J connectivity index is 2.01. The summed E-state index contributed by atoms with van der Waals surface area (Å²) < 4.78 is 15.8. The van der Waals surface area contributed by atoms with Crippen LogP contribution in [0, 0.1) is 10.6 Å². The van der Waals surface area contributed by atoms with E-state index in [2.05, 4.69) is 4.98 Å². The molecule has 0 aliphatic heterocycles. The Kier molecular flexibility index (Phi) is 3.90. The Morgan fingerprint density at radius 1 is 1.14 bits per heavy atom. The van der Waals surface area contributed by atoms with Crippen LogP contribution in [0.3, 0.4) is 0 Å². The zero-order chi connectivity index (χ0) is 14.8. The highest BCUT2D eigenvalue weighted by atomic mass is 35.5. The number of aromatic nitrogens is 2. The largest absolute Gasteiger partial charge is 0.337 e. The van der Waals surface area contributed by atoms with Crippen molar-refractivity contribution in [1.29, 1.82) is 0 Å². The number of nitrogens with zero attached hydrogens (tertiary/aromatic N) is 1. The van der Waals surface area contributed by atoms with E-state index in [1.807, 2.05) is 41.1 Å². The van der Waals surface area contributed by atoms with E-state index in [4.69, 9.17) is 23.8 Å². The van der Waals surface area contributed by atoms with Gasteiger partial charge in [-0.25, -0.2) is 4.39 Å². The van der Waals surface area contributed by atoms with E-state index in [0.717, 1.165) is 16.8 Å². The van der Waals surface area contributed by atoms with Crippen molar-refractivity contribution in [1.82, 2.24) is 9.55 Å². The predicted octanol–water partition coefficient (Wildman–Crippen LogP) is 5.05. The van der Waals surface area contributed by atoms with Crippen LogP contribution in [0.4, 0.5) is 4.39 Å². The normalized spacial score (nSPS) is 10.8. The lowest BCUT2D eigenvalue weighted by Gasteiger charge is -2.09. The average molecular weight is 319 g/mol. The van der Waals surface area contributed by atoms with Gasteiger partial charge in [-0.15, -0.1) is 0 Å². The molecule has 0 amide bonds. The van der Waals surface area contributed by atoms with Crippen LogP contribution in [0.1, 0.15) is 5.56 Å². The molecule has 0 fully saturated rings. The quantitative estimate of drug-likeness (QED) is 0.670. The second kappa shape index (κ2) is 5.84. The fourth-order valence-electron chi connectivity index (χ4n) is 2.22. The van der Waals surface area contributed by atoms with Crippen LogP contribution in [0.5, 0.6) is 0 Å². The summed E-state index contributed by atoms with van der Waals surface area (Å²) in [6, 6.07) is 14.7. The van der Waals surface area contributed by atoms with Gasteiger partial charge < -0.3 is 9.55 Å². The van der Waals surface area contributed by atoms with Crippen molar-refractivity contribution in [2.75, 3.05) is 0 Å².